The van der Waals surface area contributed by atoms with E-state index in [-0.39, 0.29) is 17.5 Å². The number of rotatable bonds is 2. The molecule has 0 unspecified atom stereocenters. The van der Waals surface area contributed by atoms with Crippen molar-refractivity contribution in [2.45, 2.75) is 19.4 Å². The molecule has 0 bridgehead atoms. The number of carbonyl (C=O) groups excluding carboxylic acids is 2. The fraction of sp³-hybridized carbons (Fsp3) is 0.462. The van der Waals surface area contributed by atoms with E-state index in [1.807, 2.05) is 0 Å². The Bertz CT molecular complexity index is 543. The molecule has 1 aliphatic heterocycles. The highest BCUT2D eigenvalue weighted by atomic mass is 16.2. The molecule has 2 amide bonds. The van der Waals surface area contributed by atoms with Gasteiger partial charge in [-0.15, -0.1) is 0 Å². The van der Waals surface area contributed by atoms with Gasteiger partial charge in [-0.05, 0) is 26.0 Å². The molecule has 2 rings (SSSR count). The van der Waals surface area contributed by atoms with Gasteiger partial charge in [-0.3, -0.25) is 20.4 Å². The van der Waals surface area contributed by atoms with Crippen molar-refractivity contribution in [1.29, 1.82) is 0 Å². The topological polar surface area (TPSA) is 91.6 Å². The Morgan fingerprint density at radius 2 is 2.15 bits per heavy atom. The Hall–Kier alpha value is -2.15. The molecule has 7 nitrogen and oxygen atoms in total. The van der Waals surface area contributed by atoms with Crippen LogP contribution in [0.4, 0.5) is 5.69 Å². The first kappa shape index (κ1) is 14.3. The third kappa shape index (κ3) is 2.32. The van der Waals surface area contributed by atoms with Crippen molar-refractivity contribution in [3.05, 3.63) is 24.0 Å². The number of nitrogen functional groups attached to an aromatic ring is 1. The SMILES string of the molecule is CN1CCN(C(=O)c2cc(NN)ccn2)C(C)(C)C1=O. The minimum Gasteiger partial charge on any atom is -0.342 e. The van der Waals surface area contributed by atoms with Crippen LogP contribution in [-0.4, -0.2) is 52.3 Å². The third-order valence-electron chi connectivity index (χ3n) is 3.59. The molecule has 0 radical (unpaired) electrons. The number of hydrogen-bond donors (Lipinski definition) is 2. The summed E-state index contributed by atoms with van der Waals surface area (Å²) in [5.74, 6) is 4.98. The van der Waals surface area contributed by atoms with Gasteiger partial charge in [0, 0.05) is 26.3 Å². The van der Waals surface area contributed by atoms with Crippen molar-refractivity contribution in [1.82, 2.24) is 14.8 Å². The number of pyridine rings is 1. The number of carbonyl (C=O) groups is 2. The minimum atomic E-state index is -0.877. The van der Waals surface area contributed by atoms with Gasteiger partial charge in [0.15, 0.2) is 0 Å². The van der Waals surface area contributed by atoms with Crippen LogP contribution in [0, 0.1) is 0 Å². The monoisotopic (exact) mass is 277 g/mol. The van der Waals surface area contributed by atoms with E-state index in [0.29, 0.717) is 18.8 Å². The molecule has 1 saturated heterocycles. The van der Waals surface area contributed by atoms with Gasteiger partial charge >= 0.3 is 0 Å². The number of likely N-dealkylation sites (N-methyl/N-ethyl adjacent to an activating group) is 1. The van der Waals surface area contributed by atoms with Crippen molar-refractivity contribution < 1.29 is 9.59 Å². The van der Waals surface area contributed by atoms with Crippen molar-refractivity contribution in [2.24, 2.45) is 5.84 Å². The van der Waals surface area contributed by atoms with E-state index in [0.717, 1.165) is 0 Å². The zero-order valence-corrected chi connectivity index (χ0v) is 11.9. The molecule has 1 aliphatic rings. The summed E-state index contributed by atoms with van der Waals surface area (Å²) < 4.78 is 0. The summed E-state index contributed by atoms with van der Waals surface area (Å²) >= 11 is 0. The molecule has 0 aromatic carbocycles. The third-order valence-corrected chi connectivity index (χ3v) is 3.59. The first-order chi connectivity index (χ1) is 9.37. The first-order valence-corrected chi connectivity index (χ1v) is 6.38. The number of hydrogen-bond acceptors (Lipinski definition) is 5. The van der Waals surface area contributed by atoms with Crippen LogP contribution in [0.1, 0.15) is 24.3 Å². The van der Waals surface area contributed by atoms with Gasteiger partial charge in [0.05, 0.1) is 5.69 Å². The van der Waals surface area contributed by atoms with Gasteiger partial charge in [0.2, 0.25) is 5.91 Å². The molecule has 1 aromatic heterocycles. The molecule has 2 heterocycles. The fourth-order valence-electron chi connectivity index (χ4n) is 2.34. The maximum Gasteiger partial charge on any atom is 0.273 e. The van der Waals surface area contributed by atoms with Gasteiger partial charge in [-0.1, -0.05) is 0 Å². The number of hydrazine groups is 1. The molecular weight excluding hydrogens is 258 g/mol. The van der Waals surface area contributed by atoms with Gasteiger partial charge in [-0.2, -0.15) is 0 Å². The van der Waals surface area contributed by atoms with Crippen LogP contribution < -0.4 is 11.3 Å². The van der Waals surface area contributed by atoms with Crippen LogP contribution in [0.3, 0.4) is 0 Å². The Kier molecular flexibility index (Phi) is 3.63. The lowest BCUT2D eigenvalue weighted by molar-refractivity contribution is -0.144. The average Bonchev–Trinajstić information content (AvgIpc) is 2.44. The fourth-order valence-corrected chi connectivity index (χ4v) is 2.34. The predicted molar refractivity (Wildman–Crippen MR) is 74.8 cm³/mol. The second kappa shape index (κ2) is 5.09. The van der Waals surface area contributed by atoms with Crippen molar-refractivity contribution in [3.8, 4) is 0 Å². The number of nitrogens with one attached hydrogen (secondary N) is 1. The molecule has 0 saturated carbocycles. The summed E-state index contributed by atoms with van der Waals surface area (Å²) in [5, 5.41) is 0. The van der Waals surface area contributed by atoms with Crippen LogP contribution in [0.2, 0.25) is 0 Å². The molecule has 108 valence electrons. The smallest absolute Gasteiger partial charge is 0.273 e. The van der Waals surface area contributed by atoms with Gasteiger partial charge in [-0.25, -0.2) is 0 Å². The average molecular weight is 277 g/mol. The molecule has 0 spiro atoms. The Balaban J connectivity index is 2.30. The zero-order chi connectivity index (χ0) is 14.9. The second-order valence-electron chi connectivity index (χ2n) is 5.32. The number of nitrogens with two attached hydrogens (primary N) is 1. The largest absolute Gasteiger partial charge is 0.342 e. The second-order valence-corrected chi connectivity index (χ2v) is 5.32. The molecule has 0 atom stereocenters. The van der Waals surface area contributed by atoms with E-state index in [4.69, 9.17) is 5.84 Å². The summed E-state index contributed by atoms with van der Waals surface area (Å²) in [6.07, 6.45) is 1.51. The Morgan fingerprint density at radius 3 is 2.80 bits per heavy atom. The lowest BCUT2D eigenvalue weighted by Crippen LogP contribution is -2.63. The van der Waals surface area contributed by atoms with E-state index in [1.54, 1.807) is 42.8 Å². The molecule has 7 heteroatoms. The summed E-state index contributed by atoms with van der Waals surface area (Å²) in [6.45, 7) is 4.49. The van der Waals surface area contributed by atoms with E-state index in [1.165, 1.54) is 6.20 Å². The number of piperazine rings is 1. The Morgan fingerprint density at radius 1 is 1.45 bits per heavy atom. The minimum absolute atomic E-state index is 0.0785. The van der Waals surface area contributed by atoms with Gasteiger partial charge < -0.3 is 15.2 Å². The number of amides is 2. The van der Waals surface area contributed by atoms with Crippen LogP contribution in [-0.2, 0) is 4.79 Å². The van der Waals surface area contributed by atoms with Crippen LogP contribution in [0.25, 0.3) is 0 Å². The molecule has 1 fully saturated rings. The molecule has 20 heavy (non-hydrogen) atoms. The van der Waals surface area contributed by atoms with E-state index in [2.05, 4.69) is 10.4 Å². The zero-order valence-electron chi connectivity index (χ0n) is 11.9. The summed E-state index contributed by atoms with van der Waals surface area (Å²) in [6, 6.07) is 3.23. The lowest BCUT2D eigenvalue weighted by atomic mass is 9.97. The maximum absolute atomic E-state index is 12.6. The van der Waals surface area contributed by atoms with Crippen LogP contribution >= 0.6 is 0 Å². The van der Waals surface area contributed by atoms with Crippen LogP contribution in [0.15, 0.2) is 18.3 Å². The van der Waals surface area contributed by atoms with Crippen molar-refractivity contribution in [2.75, 3.05) is 25.6 Å². The number of anilines is 1. The van der Waals surface area contributed by atoms with Gasteiger partial charge in [0.25, 0.3) is 5.91 Å². The summed E-state index contributed by atoms with van der Waals surface area (Å²) in [7, 11) is 1.74. The van der Waals surface area contributed by atoms with Gasteiger partial charge in [0.1, 0.15) is 11.2 Å². The summed E-state index contributed by atoms with van der Waals surface area (Å²) in [5.41, 5.74) is 2.47. The highest BCUT2D eigenvalue weighted by Crippen LogP contribution is 2.23. The van der Waals surface area contributed by atoms with Crippen LogP contribution in [0.5, 0.6) is 0 Å². The van der Waals surface area contributed by atoms with E-state index in [9.17, 15) is 9.59 Å². The lowest BCUT2D eigenvalue weighted by Gasteiger charge is -2.44. The first-order valence-electron chi connectivity index (χ1n) is 6.38. The van der Waals surface area contributed by atoms with Crippen molar-refractivity contribution >= 4 is 17.5 Å². The highest BCUT2D eigenvalue weighted by Gasteiger charge is 2.43. The molecule has 3 N–H and O–H groups in total. The number of nitrogens with zero attached hydrogens (tertiary/aromatic N) is 3. The van der Waals surface area contributed by atoms with E-state index >= 15 is 0 Å². The maximum atomic E-state index is 12.6. The number of aromatic nitrogens is 1. The quantitative estimate of drug-likeness (QED) is 0.589. The molecule has 1 aromatic rings. The Labute approximate surface area is 117 Å². The summed E-state index contributed by atoms with van der Waals surface area (Å²) in [4.78, 5) is 32.0. The standard InChI is InChI=1S/C13H19N5O2/c1-13(2)12(20)17(3)6-7-18(13)11(19)10-8-9(16-14)4-5-15-10/h4-5,8H,6-7,14H2,1-3H3,(H,15,16). The highest BCUT2D eigenvalue weighted by molar-refractivity contribution is 5.98. The predicted octanol–water partition coefficient (Wildman–Crippen LogP) is 0.0600. The molecular formula is C13H19N5O2. The molecule has 0 aliphatic carbocycles. The normalized spacial score (nSPS) is 18.1. The van der Waals surface area contributed by atoms with Crippen molar-refractivity contribution in [3.63, 3.8) is 0 Å². The van der Waals surface area contributed by atoms with E-state index < -0.39 is 5.54 Å².